The summed E-state index contributed by atoms with van der Waals surface area (Å²) in [5.74, 6) is 0.928. The van der Waals surface area contributed by atoms with Crippen LogP contribution in [0.5, 0.6) is 0 Å². The van der Waals surface area contributed by atoms with Gasteiger partial charge in [-0.25, -0.2) is 0 Å². The van der Waals surface area contributed by atoms with E-state index < -0.39 is 0 Å². The fraction of sp³-hybridized carbons (Fsp3) is 0.167. The van der Waals surface area contributed by atoms with E-state index in [1.165, 1.54) is 11.8 Å². The van der Waals surface area contributed by atoms with Gasteiger partial charge in [0.2, 0.25) is 5.91 Å². The van der Waals surface area contributed by atoms with Gasteiger partial charge in [0.1, 0.15) is 0 Å². The van der Waals surface area contributed by atoms with E-state index in [4.69, 9.17) is 0 Å². The Kier molecular flexibility index (Phi) is 7.13. The molecule has 0 atom stereocenters. The first-order valence-electron chi connectivity index (χ1n) is 8.05. The number of benzene rings is 2. The van der Waals surface area contributed by atoms with E-state index in [2.05, 4.69) is 63.3 Å². The van der Waals surface area contributed by atoms with Crippen LogP contribution in [0.4, 0.5) is 5.69 Å². The number of halogens is 3. The zero-order valence-corrected chi connectivity index (χ0v) is 19.8. The van der Waals surface area contributed by atoms with Gasteiger partial charge in [0.15, 0.2) is 11.0 Å². The Bertz CT molecular complexity index is 939. The molecule has 140 valence electrons. The fourth-order valence-corrected chi connectivity index (χ4v) is 5.71. The molecule has 3 rings (SSSR count). The molecule has 0 saturated carbocycles. The largest absolute Gasteiger partial charge is 0.323 e. The van der Waals surface area contributed by atoms with Gasteiger partial charge in [0.05, 0.1) is 11.4 Å². The summed E-state index contributed by atoms with van der Waals surface area (Å²) in [4.78, 5) is 12.4. The van der Waals surface area contributed by atoms with E-state index in [1.807, 2.05) is 54.0 Å². The summed E-state index contributed by atoms with van der Waals surface area (Å²) in [6, 6.07) is 13.7. The molecule has 1 aromatic heterocycles. The number of carbonyl (C=O) groups excluding carboxylic acids is 1. The van der Waals surface area contributed by atoms with Crippen LogP contribution in [0.15, 0.2) is 61.0 Å². The van der Waals surface area contributed by atoms with Crippen LogP contribution < -0.4 is 5.32 Å². The molecule has 0 unspecified atom stereocenters. The highest BCUT2D eigenvalue weighted by Gasteiger charge is 2.16. The molecule has 0 aliphatic rings. The minimum absolute atomic E-state index is 0.115. The lowest BCUT2D eigenvalue weighted by molar-refractivity contribution is -0.113. The minimum Gasteiger partial charge on any atom is -0.323 e. The second kappa shape index (κ2) is 9.36. The minimum atomic E-state index is -0.115. The molecule has 9 heteroatoms. The molecule has 1 N–H and O–H groups in total. The lowest BCUT2D eigenvalue weighted by Crippen LogP contribution is -2.15. The van der Waals surface area contributed by atoms with Gasteiger partial charge in [-0.1, -0.05) is 58.0 Å². The summed E-state index contributed by atoms with van der Waals surface area (Å²) in [6.07, 6.45) is 0. The van der Waals surface area contributed by atoms with Crippen molar-refractivity contribution in [2.75, 3.05) is 11.1 Å². The van der Waals surface area contributed by atoms with E-state index >= 15 is 0 Å². The molecule has 5 nitrogen and oxygen atoms in total. The molecule has 0 spiro atoms. The van der Waals surface area contributed by atoms with Gasteiger partial charge >= 0.3 is 0 Å². The highest BCUT2D eigenvalue weighted by molar-refractivity contribution is 9.11. The molecular formula is C18H15Br3N4OS. The van der Waals surface area contributed by atoms with Crippen LogP contribution in [-0.4, -0.2) is 26.4 Å². The topological polar surface area (TPSA) is 59.8 Å². The molecule has 0 saturated heterocycles. The van der Waals surface area contributed by atoms with Crippen LogP contribution in [0.3, 0.4) is 0 Å². The van der Waals surface area contributed by atoms with Crippen molar-refractivity contribution >= 4 is 71.1 Å². The number of nitrogens with zero attached hydrogens (tertiary/aromatic N) is 3. The third-order valence-electron chi connectivity index (χ3n) is 3.67. The van der Waals surface area contributed by atoms with E-state index in [0.29, 0.717) is 5.69 Å². The molecular weight excluding hydrogens is 560 g/mol. The van der Waals surface area contributed by atoms with Crippen molar-refractivity contribution in [3.05, 3.63) is 55.9 Å². The molecule has 1 amide bonds. The van der Waals surface area contributed by atoms with Gasteiger partial charge in [-0.2, -0.15) is 0 Å². The zero-order valence-electron chi connectivity index (χ0n) is 14.2. The summed E-state index contributed by atoms with van der Waals surface area (Å²) < 4.78 is 4.52. The zero-order chi connectivity index (χ0) is 19.4. The number of amides is 1. The van der Waals surface area contributed by atoms with E-state index in [0.717, 1.165) is 36.5 Å². The highest BCUT2D eigenvalue weighted by atomic mass is 79.9. The molecule has 1 heterocycles. The number of thioether (sulfide) groups is 1. The van der Waals surface area contributed by atoms with Crippen molar-refractivity contribution in [3.63, 3.8) is 0 Å². The van der Waals surface area contributed by atoms with Gasteiger partial charge in [-0.3, -0.25) is 4.79 Å². The van der Waals surface area contributed by atoms with E-state index in [9.17, 15) is 4.79 Å². The number of hydrogen-bond acceptors (Lipinski definition) is 4. The quantitative estimate of drug-likeness (QED) is 0.368. The molecule has 3 aromatic rings. The van der Waals surface area contributed by atoms with Crippen molar-refractivity contribution in [2.45, 2.75) is 18.6 Å². The average Bonchev–Trinajstić information content (AvgIpc) is 3.06. The lowest BCUT2D eigenvalue weighted by Gasteiger charge is -2.11. The first-order chi connectivity index (χ1) is 13.0. The summed E-state index contributed by atoms with van der Waals surface area (Å²) in [5, 5.41) is 12.2. The number of rotatable bonds is 6. The maximum absolute atomic E-state index is 12.4. The van der Waals surface area contributed by atoms with Crippen LogP contribution in [0, 0.1) is 0 Å². The normalized spacial score (nSPS) is 10.8. The third kappa shape index (κ3) is 5.01. The number of anilines is 1. The molecule has 0 aliphatic heterocycles. The summed E-state index contributed by atoms with van der Waals surface area (Å²) >= 11 is 11.7. The van der Waals surface area contributed by atoms with Crippen LogP contribution in [0.25, 0.3) is 11.4 Å². The number of aromatic nitrogens is 3. The maximum Gasteiger partial charge on any atom is 0.234 e. The van der Waals surface area contributed by atoms with Gasteiger partial charge in [0, 0.05) is 25.5 Å². The fourth-order valence-electron chi connectivity index (χ4n) is 2.45. The Morgan fingerprint density at radius 2 is 1.78 bits per heavy atom. The number of carbonyl (C=O) groups is 1. The van der Waals surface area contributed by atoms with Crippen LogP contribution in [-0.2, 0) is 11.3 Å². The number of nitrogens with one attached hydrogen (secondary N) is 1. The first kappa shape index (κ1) is 20.6. The van der Waals surface area contributed by atoms with Crippen LogP contribution in [0.1, 0.15) is 6.92 Å². The van der Waals surface area contributed by atoms with Crippen molar-refractivity contribution in [1.29, 1.82) is 0 Å². The summed E-state index contributed by atoms with van der Waals surface area (Å²) in [7, 11) is 0. The molecule has 27 heavy (non-hydrogen) atoms. The monoisotopic (exact) mass is 572 g/mol. The third-order valence-corrected chi connectivity index (χ3v) is 6.34. The van der Waals surface area contributed by atoms with Crippen LogP contribution >= 0.6 is 59.6 Å². The first-order valence-corrected chi connectivity index (χ1v) is 11.4. The molecule has 0 fully saturated rings. The smallest absolute Gasteiger partial charge is 0.234 e. The van der Waals surface area contributed by atoms with Gasteiger partial charge in [0.25, 0.3) is 0 Å². The second-order valence-electron chi connectivity index (χ2n) is 5.50. The molecule has 0 radical (unpaired) electrons. The molecule has 0 bridgehead atoms. The Morgan fingerprint density at radius 1 is 1.11 bits per heavy atom. The Balaban J connectivity index is 1.70. The van der Waals surface area contributed by atoms with Crippen molar-refractivity contribution in [1.82, 2.24) is 14.8 Å². The maximum atomic E-state index is 12.4. The lowest BCUT2D eigenvalue weighted by atomic mass is 10.2. The number of hydrogen-bond donors (Lipinski definition) is 1. The standard InChI is InChI=1S/C18H15Br3N4OS/c1-2-25-17(11-6-4-3-5-7-11)23-24-18(25)27-10-15(26)22-16-13(20)8-12(19)9-14(16)21/h3-9H,2,10H2,1H3,(H,22,26). The van der Waals surface area contributed by atoms with E-state index in [1.54, 1.807) is 0 Å². The Hall–Kier alpha value is -1.16. The Morgan fingerprint density at radius 3 is 2.41 bits per heavy atom. The average molecular weight is 575 g/mol. The SMILES string of the molecule is CCn1c(SCC(=O)Nc2c(Br)cc(Br)cc2Br)nnc1-c1ccccc1. The molecule has 0 aliphatic carbocycles. The van der Waals surface area contributed by atoms with E-state index in [-0.39, 0.29) is 11.7 Å². The van der Waals surface area contributed by atoms with Crippen LogP contribution in [0.2, 0.25) is 0 Å². The predicted molar refractivity (Wildman–Crippen MR) is 120 cm³/mol. The van der Waals surface area contributed by atoms with Gasteiger partial charge in [-0.15, -0.1) is 10.2 Å². The summed E-state index contributed by atoms with van der Waals surface area (Å²) in [6.45, 7) is 2.76. The Labute approximate surface area is 186 Å². The van der Waals surface area contributed by atoms with Gasteiger partial charge in [-0.05, 0) is 50.9 Å². The van der Waals surface area contributed by atoms with Crippen molar-refractivity contribution in [3.8, 4) is 11.4 Å². The van der Waals surface area contributed by atoms with Crippen molar-refractivity contribution in [2.24, 2.45) is 0 Å². The highest BCUT2D eigenvalue weighted by Crippen LogP contribution is 2.34. The van der Waals surface area contributed by atoms with Crippen molar-refractivity contribution < 1.29 is 4.79 Å². The molecule has 2 aromatic carbocycles. The second-order valence-corrected chi connectivity index (χ2v) is 9.06. The summed E-state index contributed by atoms with van der Waals surface area (Å²) in [5.41, 5.74) is 1.71. The van der Waals surface area contributed by atoms with Gasteiger partial charge < -0.3 is 9.88 Å². The predicted octanol–water partition coefficient (Wildman–Crippen LogP) is 5.98.